The van der Waals surface area contributed by atoms with Crippen LogP contribution in [0.4, 0.5) is 5.69 Å². The molecular weight excluding hydrogens is 290 g/mol. The van der Waals surface area contributed by atoms with E-state index in [1.165, 1.54) is 18.3 Å². The lowest BCUT2D eigenvalue weighted by molar-refractivity contribution is -0.133. The Kier molecular flexibility index (Phi) is 4.33. The number of Topliss-reactive ketones (excluding diaryl/α,β-unsaturated/α-hetero) is 2. The maximum atomic E-state index is 12.3. The first-order valence-electron chi connectivity index (χ1n) is 7.57. The highest BCUT2D eigenvalue weighted by atomic mass is 16.3. The minimum atomic E-state index is -0.760. The predicted octanol–water partition coefficient (Wildman–Crippen LogP) is 3.43. The van der Waals surface area contributed by atoms with Crippen LogP contribution in [0.1, 0.15) is 24.3 Å². The number of ketones is 2. The molecule has 23 heavy (non-hydrogen) atoms. The number of nitrogens with zero attached hydrogens (tertiary/aromatic N) is 1. The number of benzene rings is 2. The van der Waals surface area contributed by atoms with Crippen LogP contribution in [0.25, 0.3) is 0 Å². The first kappa shape index (κ1) is 15.2. The van der Waals surface area contributed by atoms with Crippen molar-refractivity contribution >= 4 is 23.5 Å². The molecular formula is C19H17NO3. The number of phenolic OH excluding ortho intramolecular Hbond substituents is 1. The van der Waals surface area contributed by atoms with Gasteiger partial charge in [0.05, 0.1) is 5.69 Å². The third-order valence-corrected chi connectivity index (χ3v) is 4.08. The summed E-state index contributed by atoms with van der Waals surface area (Å²) in [6.07, 6.45) is 2.16. The zero-order valence-electron chi connectivity index (χ0n) is 12.6. The van der Waals surface area contributed by atoms with E-state index < -0.39 is 5.92 Å². The maximum absolute atomic E-state index is 12.3. The predicted molar refractivity (Wildman–Crippen MR) is 88.2 cm³/mol. The number of hydrogen-bond donors (Lipinski definition) is 1. The summed E-state index contributed by atoms with van der Waals surface area (Å²) in [4.78, 5) is 28.8. The van der Waals surface area contributed by atoms with Crippen LogP contribution in [0.2, 0.25) is 0 Å². The van der Waals surface area contributed by atoms with E-state index in [0.29, 0.717) is 18.5 Å². The molecule has 4 nitrogen and oxygen atoms in total. The van der Waals surface area contributed by atoms with Gasteiger partial charge in [-0.05, 0) is 35.7 Å². The molecule has 2 aromatic carbocycles. The monoisotopic (exact) mass is 307 g/mol. The lowest BCUT2D eigenvalue weighted by atomic mass is 9.77. The van der Waals surface area contributed by atoms with E-state index in [1.807, 2.05) is 30.3 Å². The molecule has 0 atom stereocenters. The third-order valence-electron chi connectivity index (χ3n) is 4.08. The highest BCUT2D eigenvalue weighted by Crippen LogP contribution is 2.31. The molecule has 0 aromatic heterocycles. The fourth-order valence-corrected chi connectivity index (χ4v) is 2.82. The molecule has 1 saturated carbocycles. The standard InChI is InChI=1S/C19H17NO3/c21-16-8-6-15(7-9-16)20-12-17-18(22)10-14(11-19(17)23)13-4-2-1-3-5-13/h1-9,12,14,17,21H,10-11H2. The summed E-state index contributed by atoms with van der Waals surface area (Å²) >= 11 is 0. The number of carbonyl (C=O) groups is 2. The van der Waals surface area contributed by atoms with Gasteiger partial charge < -0.3 is 5.11 Å². The van der Waals surface area contributed by atoms with Gasteiger partial charge in [-0.1, -0.05) is 30.3 Å². The van der Waals surface area contributed by atoms with Gasteiger partial charge in [0.15, 0.2) is 0 Å². The Morgan fingerprint density at radius 3 is 2.13 bits per heavy atom. The van der Waals surface area contributed by atoms with Crippen LogP contribution in [0, 0.1) is 5.92 Å². The van der Waals surface area contributed by atoms with Crippen molar-refractivity contribution in [2.24, 2.45) is 10.9 Å². The van der Waals surface area contributed by atoms with E-state index in [1.54, 1.807) is 12.1 Å². The fraction of sp³-hybridized carbons (Fsp3) is 0.211. The Bertz CT molecular complexity index is 717. The second-order valence-corrected chi connectivity index (χ2v) is 5.72. The molecule has 0 saturated heterocycles. The van der Waals surface area contributed by atoms with Crippen molar-refractivity contribution in [1.82, 2.24) is 0 Å². The summed E-state index contributed by atoms with van der Waals surface area (Å²) in [5.74, 6) is -0.812. The molecule has 1 fully saturated rings. The molecule has 0 bridgehead atoms. The first-order valence-corrected chi connectivity index (χ1v) is 7.57. The molecule has 0 heterocycles. The molecule has 2 aromatic rings. The SMILES string of the molecule is O=C1CC(c2ccccc2)CC(=O)C1C=Nc1ccc(O)cc1. The van der Waals surface area contributed by atoms with Crippen molar-refractivity contribution in [2.45, 2.75) is 18.8 Å². The number of phenols is 1. The van der Waals surface area contributed by atoms with Gasteiger partial charge in [-0.25, -0.2) is 0 Å². The second kappa shape index (κ2) is 6.57. The van der Waals surface area contributed by atoms with Crippen LogP contribution in [-0.2, 0) is 9.59 Å². The van der Waals surface area contributed by atoms with Crippen molar-refractivity contribution in [3.63, 3.8) is 0 Å². The van der Waals surface area contributed by atoms with Crippen LogP contribution in [0.15, 0.2) is 59.6 Å². The molecule has 1 aliphatic carbocycles. The molecule has 0 spiro atoms. The number of aromatic hydroxyl groups is 1. The molecule has 4 heteroatoms. The molecule has 0 aliphatic heterocycles. The number of carbonyl (C=O) groups excluding carboxylic acids is 2. The van der Waals surface area contributed by atoms with E-state index in [-0.39, 0.29) is 23.2 Å². The summed E-state index contributed by atoms with van der Waals surface area (Å²) in [7, 11) is 0. The van der Waals surface area contributed by atoms with Gasteiger partial charge >= 0.3 is 0 Å². The van der Waals surface area contributed by atoms with Crippen molar-refractivity contribution in [2.75, 3.05) is 0 Å². The van der Waals surface area contributed by atoms with Gasteiger partial charge in [0.2, 0.25) is 0 Å². The number of aliphatic imine (C=N–C) groups is 1. The molecule has 3 rings (SSSR count). The van der Waals surface area contributed by atoms with Crippen molar-refractivity contribution in [1.29, 1.82) is 0 Å². The van der Waals surface area contributed by atoms with Gasteiger partial charge in [-0.15, -0.1) is 0 Å². The van der Waals surface area contributed by atoms with E-state index in [9.17, 15) is 14.7 Å². The molecule has 0 radical (unpaired) electrons. The van der Waals surface area contributed by atoms with Crippen LogP contribution < -0.4 is 0 Å². The lowest BCUT2D eigenvalue weighted by Crippen LogP contribution is -2.33. The molecule has 1 N–H and O–H groups in total. The van der Waals surface area contributed by atoms with Crippen molar-refractivity contribution < 1.29 is 14.7 Å². The summed E-state index contributed by atoms with van der Waals surface area (Å²) in [6, 6.07) is 16.0. The van der Waals surface area contributed by atoms with E-state index in [2.05, 4.69) is 4.99 Å². The Morgan fingerprint density at radius 1 is 0.913 bits per heavy atom. The average molecular weight is 307 g/mol. The zero-order chi connectivity index (χ0) is 16.2. The average Bonchev–Trinajstić information content (AvgIpc) is 2.56. The second-order valence-electron chi connectivity index (χ2n) is 5.72. The molecule has 0 unspecified atom stereocenters. The zero-order valence-corrected chi connectivity index (χ0v) is 12.6. The quantitative estimate of drug-likeness (QED) is 0.698. The first-order chi connectivity index (χ1) is 11.1. The summed E-state index contributed by atoms with van der Waals surface area (Å²) in [5, 5.41) is 9.24. The van der Waals surface area contributed by atoms with Crippen LogP contribution in [-0.4, -0.2) is 22.9 Å². The van der Waals surface area contributed by atoms with Crippen LogP contribution in [0.5, 0.6) is 5.75 Å². The van der Waals surface area contributed by atoms with Gasteiger partial charge in [0.25, 0.3) is 0 Å². The fourth-order valence-electron chi connectivity index (χ4n) is 2.82. The minimum Gasteiger partial charge on any atom is -0.508 e. The minimum absolute atomic E-state index is 0.0328. The van der Waals surface area contributed by atoms with Gasteiger partial charge in [-0.3, -0.25) is 14.6 Å². The molecule has 1 aliphatic rings. The third kappa shape index (κ3) is 3.54. The Labute approximate surface area is 134 Å². The van der Waals surface area contributed by atoms with E-state index in [0.717, 1.165) is 5.56 Å². The Balaban J connectivity index is 1.72. The van der Waals surface area contributed by atoms with Crippen molar-refractivity contribution in [3.8, 4) is 5.75 Å². The Morgan fingerprint density at radius 2 is 1.52 bits per heavy atom. The smallest absolute Gasteiger partial charge is 0.149 e. The lowest BCUT2D eigenvalue weighted by Gasteiger charge is -2.24. The summed E-state index contributed by atoms with van der Waals surface area (Å²) < 4.78 is 0. The molecule has 0 amide bonds. The number of rotatable bonds is 3. The normalized spacial score (nSPS) is 21.7. The van der Waals surface area contributed by atoms with Gasteiger partial charge in [-0.2, -0.15) is 0 Å². The largest absolute Gasteiger partial charge is 0.508 e. The topological polar surface area (TPSA) is 66.7 Å². The highest BCUT2D eigenvalue weighted by Gasteiger charge is 2.34. The van der Waals surface area contributed by atoms with Gasteiger partial charge in [0.1, 0.15) is 23.2 Å². The number of hydrogen-bond acceptors (Lipinski definition) is 4. The summed E-state index contributed by atoms with van der Waals surface area (Å²) in [5.41, 5.74) is 1.64. The molecule has 116 valence electrons. The van der Waals surface area contributed by atoms with Crippen molar-refractivity contribution in [3.05, 3.63) is 60.2 Å². The van der Waals surface area contributed by atoms with Gasteiger partial charge in [0, 0.05) is 19.1 Å². The van der Waals surface area contributed by atoms with Crippen LogP contribution >= 0.6 is 0 Å². The van der Waals surface area contributed by atoms with Crippen LogP contribution in [0.3, 0.4) is 0 Å². The highest BCUT2D eigenvalue weighted by molar-refractivity contribution is 6.16. The van der Waals surface area contributed by atoms with E-state index >= 15 is 0 Å². The Hall–Kier alpha value is -2.75. The summed E-state index contributed by atoms with van der Waals surface area (Å²) in [6.45, 7) is 0. The van der Waals surface area contributed by atoms with E-state index in [4.69, 9.17) is 0 Å². The maximum Gasteiger partial charge on any atom is 0.149 e.